The number of nitrogens with zero attached hydrogens (tertiary/aromatic N) is 4. The summed E-state index contributed by atoms with van der Waals surface area (Å²) in [5, 5.41) is 16.8. The summed E-state index contributed by atoms with van der Waals surface area (Å²) in [6.07, 6.45) is 4.85. The Labute approximate surface area is 198 Å². The van der Waals surface area contributed by atoms with E-state index >= 15 is 0 Å². The number of benzene rings is 1. The highest BCUT2D eigenvalue weighted by Crippen LogP contribution is 2.58. The van der Waals surface area contributed by atoms with Crippen LogP contribution in [0.5, 0.6) is 0 Å². The molecule has 1 saturated carbocycles. The molecule has 1 aromatic rings. The Morgan fingerprint density at radius 3 is 2.21 bits per heavy atom. The number of fused-ring (bicyclic) bond motifs is 1. The summed E-state index contributed by atoms with van der Waals surface area (Å²) in [5.74, 6) is -0.230. The summed E-state index contributed by atoms with van der Waals surface area (Å²) < 4.78 is 5.15. The van der Waals surface area contributed by atoms with E-state index in [2.05, 4.69) is 42.1 Å². The lowest BCUT2D eigenvalue weighted by molar-refractivity contribution is -0.385. The summed E-state index contributed by atoms with van der Waals surface area (Å²) in [7, 11) is 2.04. The zero-order valence-electron chi connectivity index (χ0n) is 20.6. The van der Waals surface area contributed by atoms with E-state index in [1.807, 2.05) is 0 Å². The van der Waals surface area contributed by atoms with Crippen LogP contribution in [0.25, 0.3) is 0 Å². The molecule has 3 rings (SSSR count). The molecule has 33 heavy (non-hydrogen) atoms. The number of hydrogen-bond donors (Lipinski definition) is 1. The Morgan fingerprint density at radius 2 is 1.73 bits per heavy atom. The number of nitro benzene ring substituents is 1. The Morgan fingerprint density at radius 1 is 1.18 bits per heavy atom. The summed E-state index contributed by atoms with van der Waals surface area (Å²) in [6.45, 7) is 8.87. The first kappa shape index (κ1) is 26.0. The third kappa shape index (κ3) is 5.54. The largest absolute Gasteiger partial charge is 0.275 e. The van der Waals surface area contributed by atoms with Crippen LogP contribution in [0.4, 0.5) is 5.69 Å². The van der Waals surface area contributed by atoms with Crippen LogP contribution in [0.2, 0.25) is 0 Å². The van der Waals surface area contributed by atoms with Gasteiger partial charge in [0, 0.05) is 49.3 Å². The lowest BCUT2D eigenvalue weighted by Gasteiger charge is -2.38. The van der Waals surface area contributed by atoms with E-state index in [9.17, 15) is 14.9 Å². The molecule has 1 N–H and O–H groups in total. The number of para-hydroxylation sites is 1. The van der Waals surface area contributed by atoms with Crippen LogP contribution in [0.15, 0.2) is 24.3 Å². The van der Waals surface area contributed by atoms with Crippen molar-refractivity contribution in [2.24, 2.45) is 0 Å². The molecule has 1 aliphatic carbocycles. The van der Waals surface area contributed by atoms with Gasteiger partial charge < -0.3 is 0 Å². The van der Waals surface area contributed by atoms with Crippen molar-refractivity contribution in [1.29, 1.82) is 0 Å². The van der Waals surface area contributed by atoms with Crippen LogP contribution in [0.3, 0.4) is 0 Å². The summed E-state index contributed by atoms with van der Waals surface area (Å²) in [6, 6.07) is 7.78. The van der Waals surface area contributed by atoms with E-state index in [-0.39, 0.29) is 22.9 Å². The number of carbonyl (C=O) groups excluding carboxylic acids is 1. The standard InChI is InChI=1S/C23H38N5O4P/c1-16(2)26-21-13-9-10-14-22(21)27(17(3)4)33(26)24-19(15-23(29)25(5)32-6)18-11-7-8-12-20(18)28(30)31/h7-8,11-12,16-17,19,21-22,24H,9-10,13-15H2,1-6H3/t19-,21-,22-/m1/s1. The fraction of sp³-hybridized carbons (Fsp3) is 0.696. The fourth-order valence-corrected chi connectivity index (χ4v) is 8.15. The highest BCUT2D eigenvalue weighted by molar-refractivity contribution is 7.51. The molecule has 0 radical (unpaired) electrons. The van der Waals surface area contributed by atoms with Crippen LogP contribution in [0.1, 0.15) is 71.4 Å². The molecule has 9 nitrogen and oxygen atoms in total. The Kier molecular flexibility index (Phi) is 8.81. The highest BCUT2D eigenvalue weighted by Gasteiger charge is 2.51. The number of nitrogens with one attached hydrogen (secondary N) is 1. The average Bonchev–Trinajstić information content (AvgIpc) is 3.12. The molecule has 3 atom stereocenters. The predicted molar refractivity (Wildman–Crippen MR) is 130 cm³/mol. The molecule has 1 aromatic carbocycles. The van der Waals surface area contributed by atoms with E-state index in [1.165, 1.54) is 31.1 Å². The average molecular weight is 480 g/mol. The van der Waals surface area contributed by atoms with Crippen LogP contribution >= 0.6 is 8.37 Å². The van der Waals surface area contributed by atoms with Gasteiger partial charge in [-0.1, -0.05) is 31.0 Å². The first-order valence-corrected chi connectivity index (χ1v) is 13.1. The molecule has 2 fully saturated rings. The van der Waals surface area contributed by atoms with Crippen molar-refractivity contribution < 1.29 is 14.6 Å². The van der Waals surface area contributed by atoms with Gasteiger partial charge in [-0.15, -0.1) is 0 Å². The van der Waals surface area contributed by atoms with Crippen LogP contribution in [0, 0.1) is 10.1 Å². The highest BCUT2D eigenvalue weighted by atomic mass is 31.1. The number of nitro groups is 1. The third-order valence-corrected chi connectivity index (χ3v) is 9.59. The Hall–Kier alpha value is -1.64. The van der Waals surface area contributed by atoms with Gasteiger partial charge in [-0.3, -0.25) is 34.2 Å². The smallest absolute Gasteiger partial charge is 0.274 e. The number of hydrogen-bond acceptors (Lipinski definition) is 7. The zero-order chi connectivity index (χ0) is 24.3. The first-order valence-electron chi connectivity index (χ1n) is 11.8. The van der Waals surface area contributed by atoms with Gasteiger partial charge in [0.1, 0.15) is 8.37 Å². The van der Waals surface area contributed by atoms with Crippen molar-refractivity contribution in [3.05, 3.63) is 39.9 Å². The minimum absolute atomic E-state index is 0.0293. The van der Waals surface area contributed by atoms with Gasteiger partial charge in [-0.25, -0.2) is 5.06 Å². The van der Waals surface area contributed by atoms with E-state index in [0.717, 1.165) is 12.8 Å². The van der Waals surface area contributed by atoms with Crippen LogP contribution in [-0.2, 0) is 9.63 Å². The van der Waals surface area contributed by atoms with Crippen LogP contribution in [-0.4, -0.2) is 63.6 Å². The second-order valence-corrected chi connectivity index (χ2v) is 11.2. The van der Waals surface area contributed by atoms with Gasteiger partial charge >= 0.3 is 0 Å². The topological polar surface area (TPSA) is 91.2 Å². The number of carbonyl (C=O) groups is 1. The second kappa shape index (κ2) is 11.2. The number of hydroxylamine groups is 2. The maximum atomic E-state index is 12.9. The van der Waals surface area contributed by atoms with Crippen LogP contribution < -0.4 is 5.09 Å². The van der Waals surface area contributed by atoms with E-state index in [1.54, 1.807) is 25.2 Å². The van der Waals surface area contributed by atoms with Crippen molar-refractivity contribution >= 4 is 20.0 Å². The molecular formula is C23H38N5O4P. The minimum Gasteiger partial charge on any atom is -0.275 e. The molecule has 0 spiro atoms. The lowest BCUT2D eigenvalue weighted by Crippen LogP contribution is -2.43. The van der Waals surface area contributed by atoms with Crippen molar-refractivity contribution in [2.45, 2.75) is 90.0 Å². The molecule has 0 bridgehead atoms. The quantitative estimate of drug-likeness (QED) is 0.314. The third-order valence-electron chi connectivity index (χ3n) is 6.65. The van der Waals surface area contributed by atoms with Crippen molar-refractivity contribution in [3.8, 4) is 0 Å². The van der Waals surface area contributed by atoms with Gasteiger partial charge in [0.05, 0.1) is 18.1 Å². The zero-order valence-corrected chi connectivity index (χ0v) is 21.5. The van der Waals surface area contributed by atoms with Gasteiger partial charge in [-0.05, 0) is 40.5 Å². The maximum absolute atomic E-state index is 12.9. The predicted octanol–water partition coefficient (Wildman–Crippen LogP) is 4.61. The van der Waals surface area contributed by atoms with Crippen molar-refractivity contribution in [3.63, 3.8) is 0 Å². The summed E-state index contributed by atoms with van der Waals surface area (Å²) in [5.41, 5.74) is 0.562. The van der Waals surface area contributed by atoms with E-state index < -0.39 is 14.4 Å². The van der Waals surface area contributed by atoms with Gasteiger partial charge in [-0.2, -0.15) is 0 Å². The molecule has 10 heteroatoms. The molecular weight excluding hydrogens is 441 g/mol. The maximum Gasteiger partial charge on any atom is 0.274 e. The van der Waals surface area contributed by atoms with Gasteiger partial charge in [0.2, 0.25) is 5.91 Å². The van der Waals surface area contributed by atoms with Gasteiger partial charge in [0.25, 0.3) is 5.69 Å². The molecule has 1 aliphatic heterocycles. The SMILES string of the molecule is CON(C)C(=O)C[C@@H](NP1N(C(C)C)[C@@H]2CCCC[C@H]2N1C(C)C)c1ccccc1[N+](=O)[O-]. The number of amides is 1. The minimum atomic E-state index is -0.967. The molecule has 2 aliphatic rings. The molecule has 0 unspecified atom stereocenters. The molecule has 1 amide bonds. The fourth-order valence-electron chi connectivity index (χ4n) is 5.16. The lowest BCUT2D eigenvalue weighted by atomic mass is 9.89. The Balaban J connectivity index is 2.02. The van der Waals surface area contributed by atoms with Crippen molar-refractivity contribution in [1.82, 2.24) is 19.5 Å². The molecule has 1 saturated heterocycles. The summed E-state index contributed by atoms with van der Waals surface area (Å²) in [4.78, 5) is 29.4. The van der Waals surface area contributed by atoms with Crippen molar-refractivity contribution in [2.75, 3.05) is 14.2 Å². The second-order valence-electron chi connectivity index (χ2n) is 9.43. The molecule has 0 aromatic heterocycles. The molecule has 184 valence electrons. The Bertz CT molecular complexity index is 815. The van der Waals surface area contributed by atoms with Gasteiger partial charge in [0.15, 0.2) is 0 Å². The number of rotatable bonds is 9. The monoisotopic (exact) mass is 479 g/mol. The normalized spacial score (nSPS) is 23.2. The van der Waals surface area contributed by atoms with E-state index in [0.29, 0.717) is 29.7 Å². The summed E-state index contributed by atoms with van der Waals surface area (Å²) >= 11 is 0. The molecule has 1 heterocycles. The first-order chi connectivity index (χ1) is 15.7. The van der Waals surface area contributed by atoms with E-state index in [4.69, 9.17) is 4.84 Å².